The van der Waals surface area contributed by atoms with E-state index in [0.29, 0.717) is 22.1 Å². The van der Waals surface area contributed by atoms with Gasteiger partial charge in [-0.3, -0.25) is 0 Å². The summed E-state index contributed by atoms with van der Waals surface area (Å²) >= 11 is 0. The van der Waals surface area contributed by atoms with E-state index in [1.807, 2.05) is 0 Å². The highest BCUT2D eigenvalue weighted by Crippen LogP contribution is 2.11. The summed E-state index contributed by atoms with van der Waals surface area (Å²) in [6, 6.07) is 13.4. The molecule has 4 aromatic rings. The number of aromatic nitrogens is 6. The van der Waals surface area contributed by atoms with Crippen LogP contribution in [0.3, 0.4) is 0 Å². The van der Waals surface area contributed by atoms with Gasteiger partial charge in [-0.1, -0.05) is 34.0 Å². The van der Waals surface area contributed by atoms with Crippen molar-refractivity contribution in [1.82, 2.24) is 30.3 Å². The minimum atomic E-state index is -4.49. The first-order valence-electron chi connectivity index (χ1n) is 6.38. The largest absolute Gasteiger partial charge is 0.542 e. The van der Waals surface area contributed by atoms with E-state index in [9.17, 15) is 8.42 Å². The summed E-state index contributed by atoms with van der Waals surface area (Å²) in [4.78, 5) is 1.51. The quantitative estimate of drug-likeness (QED) is 0.512. The second-order valence-electron chi connectivity index (χ2n) is 4.46. The molecule has 10 nitrogen and oxygen atoms in total. The van der Waals surface area contributed by atoms with Crippen molar-refractivity contribution in [3.05, 3.63) is 48.5 Å². The molecule has 0 fully saturated rings. The number of hydrogen-bond donors (Lipinski definition) is 0. The zero-order valence-corrected chi connectivity index (χ0v) is 12.2. The highest BCUT2D eigenvalue weighted by Gasteiger charge is 2.21. The van der Waals surface area contributed by atoms with E-state index in [4.69, 9.17) is 8.57 Å². The van der Waals surface area contributed by atoms with E-state index >= 15 is 0 Å². The van der Waals surface area contributed by atoms with E-state index in [1.165, 1.54) is 0 Å². The van der Waals surface area contributed by atoms with Gasteiger partial charge in [-0.15, -0.1) is 18.6 Å². The second-order valence-corrected chi connectivity index (χ2v) is 5.57. The molecule has 0 atom stereocenters. The van der Waals surface area contributed by atoms with E-state index < -0.39 is 10.4 Å². The lowest BCUT2D eigenvalue weighted by Crippen LogP contribution is -2.31. The average Bonchev–Trinajstić information content (AvgIpc) is 3.12. The smallest absolute Gasteiger partial charge is 0.236 e. The van der Waals surface area contributed by atoms with E-state index in [-0.39, 0.29) is 0 Å². The lowest BCUT2D eigenvalue weighted by molar-refractivity contribution is 0.156. The predicted octanol–water partition coefficient (Wildman–Crippen LogP) is -0.0218. The van der Waals surface area contributed by atoms with Crippen LogP contribution < -0.4 is 8.57 Å². The average molecular weight is 332 g/mol. The van der Waals surface area contributed by atoms with Crippen molar-refractivity contribution in [2.24, 2.45) is 0 Å². The Balaban J connectivity index is 1.66. The Morgan fingerprint density at radius 3 is 1.65 bits per heavy atom. The molecule has 0 aliphatic carbocycles. The molecular formula is C12H8N6O4S. The van der Waals surface area contributed by atoms with E-state index in [2.05, 4.69) is 20.6 Å². The molecule has 0 aliphatic rings. The van der Waals surface area contributed by atoms with Gasteiger partial charge >= 0.3 is 10.4 Å². The Hall–Kier alpha value is -3.21. The Morgan fingerprint density at radius 2 is 1.17 bits per heavy atom. The van der Waals surface area contributed by atoms with Gasteiger partial charge in [-0.2, -0.15) is 0 Å². The van der Waals surface area contributed by atoms with Gasteiger partial charge in [-0.05, 0) is 34.7 Å². The lowest BCUT2D eigenvalue weighted by atomic mass is 10.3. The van der Waals surface area contributed by atoms with Crippen molar-refractivity contribution in [1.29, 1.82) is 0 Å². The van der Waals surface area contributed by atoms with Gasteiger partial charge in [0.1, 0.15) is 22.1 Å². The summed E-state index contributed by atoms with van der Waals surface area (Å²) in [6.07, 6.45) is 0. The number of para-hydroxylation sites is 2. The molecule has 4 rings (SSSR count). The highest BCUT2D eigenvalue weighted by molar-refractivity contribution is 7.82. The van der Waals surface area contributed by atoms with Crippen molar-refractivity contribution in [3.8, 4) is 0 Å². The Morgan fingerprint density at radius 1 is 0.739 bits per heavy atom. The Kier molecular flexibility index (Phi) is 2.87. The van der Waals surface area contributed by atoms with Crippen LogP contribution in [0.2, 0.25) is 0 Å². The summed E-state index contributed by atoms with van der Waals surface area (Å²) in [5, 5.41) is 14.8. The van der Waals surface area contributed by atoms with Gasteiger partial charge in [0, 0.05) is 0 Å². The number of hydrogen-bond acceptors (Lipinski definition) is 8. The molecule has 0 spiro atoms. The zero-order valence-electron chi connectivity index (χ0n) is 11.3. The fourth-order valence-electron chi connectivity index (χ4n) is 1.99. The molecule has 2 heterocycles. The summed E-state index contributed by atoms with van der Waals surface area (Å²) in [7, 11) is -4.49. The molecule has 0 aliphatic heterocycles. The molecular weight excluding hydrogens is 324 g/mol. The fourth-order valence-corrected chi connectivity index (χ4v) is 2.58. The van der Waals surface area contributed by atoms with Gasteiger partial charge in [0.05, 0.1) is 0 Å². The first-order chi connectivity index (χ1) is 11.1. The molecule has 0 bridgehead atoms. The molecule has 0 amide bonds. The number of nitrogens with zero attached hydrogens (tertiary/aromatic N) is 6. The van der Waals surface area contributed by atoms with Crippen LogP contribution in [0, 0.1) is 0 Å². The molecule has 11 heteroatoms. The van der Waals surface area contributed by atoms with Crippen LogP contribution in [0.5, 0.6) is 0 Å². The SMILES string of the molecule is O=S(=O)(On1nnc2ccccc21)On1nnc2ccccc21. The van der Waals surface area contributed by atoms with Crippen molar-refractivity contribution in [2.45, 2.75) is 0 Å². The van der Waals surface area contributed by atoms with Crippen molar-refractivity contribution < 1.29 is 17.0 Å². The molecule has 2 aromatic heterocycles. The monoisotopic (exact) mass is 332 g/mol. The van der Waals surface area contributed by atoms with Crippen LogP contribution >= 0.6 is 0 Å². The maximum absolute atomic E-state index is 12.0. The molecule has 2 aromatic carbocycles. The zero-order chi connectivity index (χ0) is 15.9. The number of fused-ring (bicyclic) bond motifs is 2. The summed E-state index contributed by atoms with van der Waals surface area (Å²) < 4.78 is 33.6. The van der Waals surface area contributed by atoms with Crippen molar-refractivity contribution in [3.63, 3.8) is 0 Å². The second kappa shape index (κ2) is 4.91. The highest BCUT2D eigenvalue weighted by atomic mass is 32.3. The third-order valence-corrected chi connectivity index (χ3v) is 3.61. The third kappa shape index (κ3) is 2.42. The van der Waals surface area contributed by atoms with Crippen LogP contribution in [0.4, 0.5) is 0 Å². The summed E-state index contributed by atoms with van der Waals surface area (Å²) in [5.41, 5.74) is 1.72. The van der Waals surface area contributed by atoms with Gasteiger partial charge in [0.25, 0.3) is 0 Å². The molecule has 0 N–H and O–H groups in total. The molecule has 0 radical (unpaired) electrons. The topological polar surface area (TPSA) is 114 Å². The third-order valence-electron chi connectivity index (χ3n) is 2.97. The maximum Gasteiger partial charge on any atom is 0.542 e. The Bertz CT molecular complexity index is 1020. The molecule has 116 valence electrons. The van der Waals surface area contributed by atoms with Crippen LogP contribution in [-0.4, -0.2) is 38.7 Å². The van der Waals surface area contributed by atoms with Crippen LogP contribution in [0.15, 0.2) is 48.5 Å². The van der Waals surface area contributed by atoms with Crippen molar-refractivity contribution >= 4 is 32.5 Å². The minimum Gasteiger partial charge on any atom is -0.236 e. The number of benzene rings is 2. The van der Waals surface area contributed by atoms with Gasteiger partial charge in [0.2, 0.25) is 0 Å². The van der Waals surface area contributed by atoms with Gasteiger partial charge < -0.3 is 0 Å². The number of rotatable bonds is 4. The van der Waals surface area contributed by atoms with E-state index in [0.717, 1.165) is 9.69 Å². The summed E-state index contributed by atoms with van der Waals surface area (Å²) in [6.45, 7) is 0. The lowest BCUT2D eigenvalue weighted by Gasteiger charge is -2.05. The standard InChI is InChI=1S/C12H8N6O4S/c19-23(20,21-17-11-7-3-1-5-9(11)13-15-17)22-18-12-8-4-2-6-10(12)14-16-18/h1-8H. The van der Waals surface area contributed by atoms with Crippen LogP contribution in [0.25, 0.3) is 22.1 Å². The first-order valence-corrected chi connectivity index (χ1v) is 7.71. The normalized spacial score (nSPS) is 11.8. The molecule has 0 unspecified atom stereocenters. The molecule has 0 saturated heterocycles. The van der Waals surface area contributed by atoms with E-state index in [1.54, 1.807) is 48.5 Å². The minimum absolute atomic E-state index is 0.378. The van der Waals surface area contributed by atoms with Crippen LogP contribution in [-0.2, 0) is 10.4 Å². The predicted molar refractivity (Wildman–Crippen MR) is 77.1 cm³/mol. The maximum atomic E-state index is 12.0. The molecule has 23 heavy (non-hydrogen) atoms. The fraction of sp³-hybridized carbons (Fsp3) is 0. The Labute approximate surface area is 129 Å². The van der Waals surface area contributed by atoms with Gasteiger partial charge in [-0.25, -0.2) is 8.57 Å². The van der Waals surface area contributed by atoms with Crippen LogP contribution in [0.1, 0.15) is 0 Å². The molecule has 0 saturated carbocycles. The van der Waals surface area contributed by atoms with Gasteiger partial charge in [0.15, 0.2) is 0 Å². The first kappa shape index (κ1) is 13.5. The summed E-state index contributed by atoms with van der Waals surface area (Å²) in [5.74, 6) is 0. The van der Waals surface area contributed by atoms with Crippen molar-refractivity contribution in [2.75, 3.05) is 0 Å².